The molecule has 19 heavy (non-hydrogen) atoms. The van der Waals surface area contributed by atoms with Crippen molar-refractivity contribution >= 4 is 28.4 Å². The van der Waals surface area contributed by atoms with E-state index < -0.39 is 38.3 Å². The highest BCUT2D eigenvalue weighted by Gasteiger charge is 2.42. The number of hydrogen-bond donors (Lipinski definition) is 0. The van der Waals surface area contributed by atoms with E-state index in [9.17, 15) is 36.5 Å². The van der Waals surface area contributed by atoms with Crippen molar-refractivity contribution in [3.8, 4) is 5.75 Å². The fraction of sp³-hybridized carbons (Fsp3) is 0.286. The second-order valence-corrected chi connectivity index (χ2v) is 4.11. The van der Waals surface area contributed by atoms with E-state index in [1.165, 1.54) is 0 Å². The zero-order valence-corrected chi connectivity index (χ0v) is 10.5. The molecule has 5 nitrogen and oxygen atoms in total. The maximum atomic E-state index is 12.3. The van der Waals surface area contributed by atoms with Gasteiger partial charge in [0.15, 0.2) is 0 Å². The Morgan fingerprint density at radius 3 is 2.16 bits per heavy atom. The standard InChI is InChI=1S/C7HF6IN2O3/c8-6(9,10)3-1-2(14)4(19-7(11,12)13)5(15-3)16(17)18/h1H. The molecule has 0 spiro atoms. The summed E-state index contributed by atoms with van der Waals surface area (Å²) in [6.45, 7) is 0. The van der Waals surface area contributed by atoms with Gasteiger partial charge in [0.2, 0.25) is 5.75 Å². The number of hydrogen-bond acceptors (Lipinski definition) is 4. The Hall–Kier alpha value is -1.34. The average molecular weight is 402 g/mol. The number of aromatic nitrogens is 1. The van der Waals surface area contributed by atoms with E-state index in [4.69, 9.17) is 0 Å². The fourth-order valence-electron chi connectivity index (χ4n) is 0.969. The summed E-state index contributed by atoms with van der Waals surface area (Å²) in [5, 5.41) is 10.5. The molecule has 0 radical (unpaired) electrons. The molecule has 0 bridgehead atoms. The third-order valence-electron chi connectivity index (χ3n) is 1.59. The number of pyridine rings is 1. The van der Waals surface area contributed by atoms with Crippen molar-refractivity contribution < 1.29 is 36.0 Å². The molecule has 0 atom stereocenters. The van der Waals surface area contributed by atoms with Crippen molar-refractivity contribution in [3.63, 3.8) is 0 Å². The zero-order chi connectivity index (χ0) is 15.0. The summed E-state index contributed by atoms with van der Waals surface area (Å²) in [6, 6.07) is 0.217. The smallest absolute Gasteiger partial charge is 0.395 e. The molecular formula is C7HF6IN2O3. The molecule has 0 aliphatic rings. The lowest BCUT2D eigenvalue weighted by Crippen LogP contribution is -2.20. The molecule has 0 saturated heterocycles. The predicted octanol–water partition coefficient (Wildman–Crippen LogP) is 3.51. The zero-order valence-electron chi connectivity index (χ0n) is 8.34. The molecule has 1 aromatic heterocycles. The highest BCUT2D eigenvalue weighted by Crippen LogP contribution is 2.38. The van der Waals surface area contributed by atoms with Crippen LogP contribution in [0.25, 0.3) is 0 Å². The summed E-state index contributed by atoms with van der Waals surface area (Å²) in [5.74, 6) is -3.04. The van der Waals surface area contributed by atoms with E-state index in [0.29, 0.717) is 0 Å². The second-order valence-electron chi connectivity index (χ2n) is 2.94. The minimum absolute atomic E-state index is 0.217. The molecule has 12 heteroatoms. The van der Waals surface area contributed by atoms with Crippen molar-refractivity contribution in [2.45, 2.75) is 12.5 Å². The Morgan fingerprint density at radius 2 is 1.79 bits per heavy atom. The van der Waals surface area contributed by atoms with E-state index in [1.54, 1.807) is 0 Å². The van der Waals surface area contributed by atoms with Gasteiger partial charge in [-0.1, -0.05) is 0 Å². The first kappa shape index (κ1) is 15.7. The van der Waals surface area contributed by atoms with Crippen LogP contribution in [0, 0.1) is 13.7 Å². The van der Waals surface area contributed by atoms with Gasteiger partial charge in [0.05, 0.1) is 3.57 Å². The monoisotopic (exact) mass is 402 g/mol. The normalized spacial score (nSPS) is 12.4. The number of halogens is 7. The van der Waals surface area contributed by atoms with Crippen LogP contribution >= 0.6 is 22.6 Å². The third-order valence-corrected chi connectivity index (χ3v) is 2.39. The number of nitro groups is 1. The number of alkyl halides is 6. The Labute approximate surface area is 113 Å². The van der Waals surface area contributed by atoms with Crippen molar-refractivity contribution in [1.82, 2.24) is 4.98 Å². The molecule has 1 heterocycles. The van der Waals surface area contributed by atoms with Gasteiger partial charge in [-0.3, -0.25) is 0 Å². The molecule has 0 amide bonds. The van der Waals surface area contributed by atoms with E-state index >= 15 is 0 Å². The van der Waals surface area contributed by atoms with Gasteiger partial charge in [0.1, 0.15) is 0 Å². The van der Waals surface area contributed by atoms with Crippen molar-refractivity contribution in [3.05, 3.63) is 25.4 Å². The van der Waals surface area contributed by atoms with Crippen LogP contribution in [0.5, 0.6) is 5.75 Å². The topological polar surface area (TPSA) is 65.3 Å². The molecule has 0 N–H and O–H groups in total. The number of nitrogens with zero attached hydrogens (tertiary/aromatic N) is 2. The van der Waals surface area contributed by atoms with Crippen LogP contribution in [0.4, 0.5) is 32.2 Å². The predicted molar refractivity (Wildman–Crippen MR) is 55.3 cm³/mol. The Morgan fingerprint density at radius 1 is 1.26 bits per heavy atom. The molecule has 106 valence electrons. The van der Waals surface area contributed by atoms with Gasteiger partial charge in [0.25, 0.3) is 5.69 Å². The van der Waals surface area contributed by atoms with Gasteiger partial charge in [-0.05, 0) is 32.5 Å². The average Bonchev–Trinajstić information content (AvgIpc) is 2.16. The lowest BCUT2D eigenvalue weighted by molar-refractivity contribution is -0.393. The van der Waals surface area contributed by atoms with Gasteiger partial charge in [-0.2, -0.15) is 13.2 Å². The highest BCUT2D eigenvalue weighted by molar-refractivity contribution is 14.1. The molecule has 0 unspecified atom stereocenters. The second kappa shape index (κ2) is 4.97. The first-order valence-corrected chi connectivity index (χ1v) is 5.17. The van der Waals surface area contributed by atoms with E-state index in [1.807, 2.05) is 0 Å². The van der Waals surface area contributed by atoms with E-state index in [-0.39, 0.29) is 6.07 Å². The van der Waals surface area contributed by atoms with Gasteiger partial charge in [0, 0.05) is 6.07 Å². The van der Waals surface area contributed by atoms with E-state index in [0.717, 1.165) is 22.6 Å². The largest absolute Gasteiger partial charge is 0.573 e. The van der Waals surface area contributed by atoms with E-state index in [2.05, 4.69) is 9.72 Å². The van der Waals surface area contributed by atoms with Crippen molar-refractivity contribution in [2.24, 2.45) is 0 Å². The maximum absolute atomic E-state index is 12.3. The summed E-state index contributed by atoms with van der Waals surface area (Å²) in [5.41, 5.74) is -1.68. The molecule has 0 fully saturated rings. The van der Waals surface area contributed by atoms with Gasteiger partial charge >= 0.3 is 18.4 Å². The van der Waals surface area contributed by atoms with Gasteiger partial charge in [-0.15, -0.1) is 13.2 Å². The van der Waals surface area contributed by atoms with Crippen LogP contribution in [0.15, 0.2) is 6.07 Å². The van der Waals surface area contributed by atoms with Gasteiger partial charge in [-0.25, -0.2) is 0 Å². The Kier molecular flexibility index (Phi) is 4.11. The van der Waals surface area contributed by atoms with Crippen molar-refractivity contribution in [2.75, 3.05) is 0 Å². The molecule has 0 aliphatic heterocycles. The first-order chi connectivity index (χ1) is 8.42. The number of rotatable bonds is 2. The Balaban J connectivity index is 3.44. The molecule has 0 aromatic carbocycles. The molecule has 0 saturated carbocycles. The van der Waals surface area contributed by atoms with Crippen LogP contribution in [0.1, 0.15) is 5.69 Å². The summed E-state index contributed by atoms with van der Waals surface area (Å²) in [7, 11) is 0. The van der Waals surface area contributed by atoms with Crippen LogP contribution < -0.4 is 4.74 Å². The Bertz CT molecular complexity index is 515. The third kappa shape index (κ3) is 4.07. The lowest BCUT2D eigenvalue weighted by Gasteiger charge is -2.11. The fourth-order valence-corrected chi connectivity index (χ4v) is 1.61. The van der Waals surface area contributed by atoms with Crippen LogP contribution in [0.3, 0.4) is 0 Å². The molecule has 1 aromatic rings. The highest BCUT2D eigenvalue weighted by atomic mass is 127. The molecule has 0 aliphatic carbocycles. The quantitative estimate of drug-likeness (QED) is 0.329. The minimum atomic E-state index is -5.29. The summed E-state index contributed by atoms with van der Waals surface area (Å²) >= 11 is 1.06. The van der Waals surface area contributed by atoms with Gasteiger partial charge < -0.3 is 14.9 Å². The SMILES string of the molecule is O=[N+]([O-])c1nc(C(F)(F)F)cc(I)c1OC(F)(F)F. The summed E-state index contributed by atoms with van der Waals surface area (Å²) < 4.78 is 75.6. The van der Waals surface area contributed by atoms with Crippen LogP contribution in [-0.2, 0) is 6.18 Å². The molecule has 1 rings (SSSR count). The van der Waals surface area contributed by atoms with Crippen LogP contribution in [-0.4, -0.2) is 16.3 Å². The maximum Gasteiger partial charge on any atom is 0.573 e. The minimum Gasteiger partial charge on any atom is -0.395 e. The summed E-state index contributed by atoms with van der Waals surface area (Å²) in [4.78, 5) is 11.5. The summed E-state index contributed by atoms with van der Waals surface area (Å²) in [6.07, 6.45) is -10.3. The van der Waals surface area contributed by atoms with Crippen molar-refractivity contribution in [1.29, 1.82) is 0 Å². The first-order valence-electron chi connectivity index (χ1n) is 4.09. The lowest BCUT2D eigenvalue weighted by atomic mass is 10.3. The number of ether oxygens (including phenoxy) is 1. The molecular weight excluding hydrogens is 401 g/mol. The van der Waals surface area contributed by atoms with Crippen LogP contribution in [0.2, 0.25) is 0 Å².